The van der Waals surface area contributed by atoms with Crippen molar-refractivity contribution in [1.29, 1.82) is 0 Å². The minimum absolute atomic E-state index is 0.0774. The molecule has 3 heteroatoms. The Balaban J connectivity index is 1.98. The number of fused-ring (bicyclic) bond motifs is 5. The van der Waals surface area contributed by atoms with Crippen LogP contribution in [0.25, 0.3) is 10.9 Å². The van der Waals surface area contributed by atoms with E-state index in [4.69, 9.17) is 4.84 Å². The van der Waals surface area contributed by atoms with Gasteiger partial charge in [-0.25, -0.2) is 0 Å². The van der Waals surface area contributed by atoms with E-state index in [2.05, 4.69) is 61.7 Å². The maximum absolute atomic E-state index is 6.04. The van der Waals surface area contributed by atoms with Crippen molar-refractivity contribution in [2.24, 2.45) is 5.92 Å². The number of rotatable bonds is 0. The third-order valence-corrected chi connectivity index (χ3v) is 4.98. The van der Waals surface area contributed by atoms with Gasteiger partial charge in [-0.3, -0.25) is 4.84 Å². The predicted molar refractivity (Wildman–Crippen MR) is 75.8 cm³/mol. The number of hydroxylamine groups is 2. The van der Waals surface area contributed by atoms with E-state index in [1.54, 1.807) is 0 Å². The van der Waals surface area contributed by atoms with Gasteiger partial charge in [-0.15, -0.1) is 0 Å². The van der Waals surface area contributed by atoms with Gasteiger partial charge in [0, 0.05) is 36.1 Å². The maximum Gasteiger partial charge on any atom is 0.0908 e. The summed E-state index contributed by atoms with van der Waals surface area (Å²) in [7, 11) is 2.07. The molecule has 2 aliphatic rings. The first kappa shape index (κ1) is 11.5. The Kier molecular flexibility index (Phi) is 2.06. The molecule has 0 bridgehead atoms. The van der Waals surface area contributed by atoms with Crippen molar-refractivity contribution in [1.82, 2.24) is 9.63 Å². The zero-order chi connectivity index (χ0) is 13.4. The molecular formula is C16H20N2O. The Hall–Kier alpha value is -1.32. The molecule has 19 heavy (non-hydrogen) atoms. The molecular weight excluding hydrogens is 236 g/mol. The molecule has 2 aliphatic heterocycles. The molecule has 0 radical (unpaired) electrons. The molecule has 1 fully saturated rings. The highest BCUT2D eigenvalue weighted by atomic mass is 16.7. The van der Waals surface area contributed by atoms with Crippen LogP contribution in [-0.2, 0) is 11.4 Å². The molecule has 1 saturated heterocycles. The lowest BCUT2D eigenvalue weighted by molar-refractivity contribution is -0.181. The van der Waals surface area contributed by atoms with Gasteiger partial charge in [-0.2, -0.15) is 5.06 Å². The van der Waals surface area contributed by atoms with Crippen LogP contribution in [0.3, 0.4) is 0 Å². The molecule has 0 amide bonds. The molecule has 1 aromatic heterocycles. The van der Waals surface area contributed by atoms with Gasteiger partial charge >= 0.3 is 0 Å². The Bertz CT molecular complexity index is 671. The van der Waals surface area contributed by atoms with Gasteiger partial charge in [-0.05, 0) is 32.4 Å². The zero-order valence-electron chi connectivity index (χ0n) is 12.0. The highest BCUT2D eigenvalue weighted by Gasteiger charge is 2.53. The monoisotopic (exact) mass is 256 g/mol. The molecule has 3 nitrogen and oxygen atoms in total. The van der Waals surface area contributed by atoms with E-state index in [1.165, 1.54) is 22.2 Å². The summed E-state index contributed by atoms with van der Waals surface area (Å²) in [5.41, 5.74) is 4.15. The smallest absolute Gasteiger partial charge is 0.0908 e. The first-order valence-electron chi connectivity index (χ1n) is 7.00. The molecule has 4 rings (SSSR count). The first-order valence-corrected chi connectivity index (χ1v) is 7.00. The number of benzene rings is 1. The summed E-state index contributed by atoms with van der Waals surface area (Å²) in [6.45, 7) is 7.72. The average Bonchev–Trinajstić information content (AvgIpc) is 2.94. The lowest BCUT2D eigenvalue weighted by atomic mass is 9.86. The molecule has 0 saturated carbocycles. The number of hydrogen-bond acceptors (Lipinski definition) is 2. The first-order chi connectivity index (χ1) is 9.00. The van der Waals surface area contributed by atoms with Gasteiger partial charge in [0.1, 0.15) is 0 Å². The number of aryl methyl sites for hydroxylation is 1. The number of aromatic nitrogens is 1. The van der Waals surface area contributed by atoms with Crippen molar-refractivity contribution in [2.45, 2.75) is 39.0 Å². The van der Waals surface area contributed by atoms with E-state index in [1.807, 2.05) is 0 Å². The lowest BCUT2D eigenvalue weighted by Crippen LogP contribution is -2.29. The number of hydrogen-bond donors (Lipinski definition) is 0. The number of para-hydroxylation sites is 1. The second-order valence-electron chi connectivity index (χ2n) is 6.43. The molecule has 1 aromatic carbocycles. The molecule has 0 spiro atoms. The summed E-state index contributed by atoms with van der Waals surface area (Å²) in [5, 5.41) is 3.45. The van der Waals surface area contributed by atoms with Crippen molar-refractivity contribution in [3.8, 4) is 0 Å². The minimum atomic E-state index is -0.0774. The fourth-order valence-electron chi connectivity index (χ4n) is 4.08. The Morgan fingerprint density at radius 2 is 2.00 bits per heavy atom. The molecule has 0 aliphatic carbocycles. The SMILES string of the molecule is Cc1c2n(c3ccccc13)C[C@@H]1[C@H]2N(C)OC1(C)C. The summed E-state index contributed by atoms with van der Waals surface area (Å²) in [5.74, 6) is 0.538. The van der Waals surface area contributed by atoms with Crippen LogP contribution < -0.4 is 0 Å². The summed E-state index contributed by atoms with van der Waals surface area (Å²) in [4.78, 5) is 6.04. The van der Waals surface area contributed by atoms with Gasteiger partial charge in [0.05, 0.1) is 11.6 Å². The largest absolute Gasteiger partial charge is 0.342 e. The van der Waals surface area contributed by atoms with Gasteiger partial charge in [-0.1, -0.05) is 18.2 Å². The van der Waals surface area contributed by atoms with E-state index in [-0.39, 0.29) is 5.60 Å². The van der Waals surface area contributed by atoms with E-state index >= 15 is 0 Å². The second kappa shape index (κ2) is 3.41. The fraction of sp³-hybridized carbons (Fsp3) is 0.500. The van der Waals surface area contributed by atoms with Crippen LogP contribution in [0.15, 0.2) is 24.3 Å². The van der Waals surface area contributed by atoms with E-state index < -0.39 is 0 Å². The molecule has 0 N–H and O–H groups in total. The Morgan fingerprint density at radius 3 is 2.79 bits per heavy atom. The van der Waals surface area contributed by atoms with E-state index in [0.717, 1.165) is 6.54 Å². The molecule has 3 heterocycles. The van der Waals surface area contributed by atoms with Crippen LogP contribution >= 0.6 is 0 Å². The van der Waals surface area contributed by atoms with Crippen molar-refractivity contribution in [3.63, 3.8) is 0 Å². The fourth-order valence-corrected chi connectivity index (χ4v) is 4.08. The summed E-state index contributed by atoms with van der Waals surface area (Å²) < 4.78 is 2.50. The Morgan fingerprint density at radius 1 is 1.26 bits per heavy atom. The normalized spacial score (nSPS) is 28.8. The highest BCUT2D eigenvalue weighted by molar-refractivity contribution is 5.86. The van der Waals surface area contributed by atoms with Crippen LogP contribution in [0.5, 0.6) is 0 Å². The Labute approximate surface area is 113 Å². The van der Waals surface area contributed by atoms with Crippen LogP contribution in [0, 0.1) is 12.8 Å². The standard InChI is InChI=1S/C16H20N2O/c1-10-11-7-5-6-8-13(11)18-9-12-15(14(10)18)17(4)19-16(12,2)3/h5-8,12,15H,9H2,1-4H3/t12-,15-/m1/s1. The summed E-state index contributed by atoms with van der Waals surface area (Å²) >= 11 is 0. The zero-order valence-corrected chi connectivity index (χ0v) is 12.0. The van der Waals surface area contributed by atoms with Crippen LogP contribution in [0.1, 0.15) is 31.1 Å². The van der Waals surface area contributed by atoms with Crippen molar-refractivity contribution >= 4 is 10.9 Å². The summed E-state index contributed by atoms with van der Waals surface area (Å²) in [6.07, 6.45) is 0. The maximum atomic E-state index is 6.04. The van der Waals surface area contributed by atoms with Gasteiger partial charge in [0.25, 0.3) is 0 Å². The van der Waals surface area contributed by atoms with E-state index in [9.17, 15) is 0 Å². The third kappa shape index (κ3) is 1.30. The van der Waals surface area contributed by atoms with Crippen LogP contribution in [0.4, 0.5) is 0 Å². The van der Waals surface area contributed by atoms with Gasteiger partial charge in [0.2, 0.25) is 0 Å². The summed E-state index contributed by atoms with van der Waals surface area (Å²) in [6, 6.07) is 9.12. The highest BCUT2D eigenvalue weighted by Crippen LogP contribution is 2.52. The van der Waals surface area contributed by atoms with E-state index in [0.29, 0.717) is 12.0 Å². The second-order valence-corrected chi connectivity index (χ2v) is 6.43. The van der Waals surface area contributed by atoms with Crippen molar-refractivity contribution in [3.05, 3.63) is 35.5 Å². The van der Waals surface area contributed by atoms with Crippen LogP contribution in [0.2, 0.25) is 0 Å². The lowest BCUT2D eigenvalue weighted by Gasteiger charge is -2.23. The van der Waals surface area contributed by atoms with Crippen LogP contribution in [-0.4, -0.2) is 22.3 Å². The van der Waals surface area contributed by atoms with Gasteiger partial charge < -0.3 is 4.57 Å². The number of nitrogens with zero attached hydrogens (tertiary/aromatic N) is 2. The minimum Gasteiger partial charge on any atom is -0.342 e. The molecule has 2 aromatic rings. The van der Waals surface area contributed by atoms with Crippen molar-refractivity contribution < 1.29 is 4.84 Å². The quantitative estimate of drug-likeness (QED) is 0.719. The predicted octanol–water partition coefficient (Wildman–Crippen LogP) is 3.28. The molecule has 2 atom stereocenters. The van der Waals surface area contributed by atoms with Crippen molar-refractivity contribution in [2.75, 3.05) is 7.05 Å². The average molecular weight is 256 g/mol. The third-order valence-electron chi connectivity index (χ3n) is 4.98. The van der Waals surface area contributed by atoms with Gasteiger partial charge in [0.15, 0.2) is 0 Å². The molecule has 100 valence electrons. The molecule has 0 unspecified atom stereocenters. The topological polar surface area (TPSA) is 17.4 Å².